The zero-order valence-corrected chi connectivity index (χ0v) is 26.7. The standard InChI is InChI=1S/C37H31F10NO3/c38-27-11-9-25(10-12-27)35(26-17-28(39)19-30(18-26)51-37(46,47)34(41)42,48-33(49)24-8-15-32(40)31(16-24)36(43,44)45)20-22-6-13-29(14-7-22)50-21-23-4-2-1-3-5-23/h6-19,23,34H,1-5,20-21H2,(H,48,49)/t35-/m1/s1. The van der Waals surface area contributed by atoms with Crippen molar-refractivity contribution in [3.8, 4) is 11.5 Å². The number of ether oxygens (including phenoxy) is 2. The molecule has 0 spiro atoms. The molecule has 0 heterocycles. The molecule has 4 aromatic carbocycles. The molecule has 4 aromatic rings. The molecule has 0 bridgehead atoms. The van der Waals surface area contributed by atoms with Gasteiger partial charge in [0.25, 0.3) is 5.91 Å². The second-order valence-electron chi connectivity index (χ2n) is 12.3. The van der Waals surface area contributed by atoms with Gasteiger partial charge in [-0.1, -0.05) is 43.5 Å². The maximum atomic E-state index is 15.2. The van der Waals surface area contributed by atoms with Gasteiger partial charge in [-0.3, -0.25) is 4.79 Å². The second-order valence-corrected chi connectivity index (χ2v) is 12.3. The Balaban J connectivity index is 1.62. The first kappa shape index (κ1) is 37.5. The summed E-state index contributed by atoms with van der Waals surface area (Å²) in [5, 5.41) is 2.53. The molecule has 1 aliphatic rings. The van der Waals surface area contributed by atoms with Crippen molar-refractivity contribution in [2.45, 2.75) is 62.8 Å². The van der Waals surface area contributed by atoms with Crippen LogP contribution in [0.1, 0.15) is 64.7 Å². The second kappa shape index (κ2) is 15.2. The monoisotopic (exact) mass is 727 g/mol. The van der Waals surface area contributed by atoms with Gasteiger partial charge in [0.2, 0.25) is 0 Å². The summed E-state index contributed by atoms with van der Waals surface area (Å²) in [6.45, 7) is 0.474. The smallest absolute Gasteiger partial charge is 0.461 e. The fourth-order valence-corrected chi connectivity index (χ4v) is 6.09. The van der Waals surface area contributed by atoms with Crippen LogP contribution >= 0.6 is 0 Å². The van der Waals surface area contributed by atoms with Crippen LogP contribution in [-0.4, -0.2) is 25.0 Å². The van der Waals surface area contributed by atoms with Gasteiger partial charge in [-0.25, -0.2) is 13.2 Å². The van der Waals surface area contributed by atoms with Crippen LogP contribution in [0.15, 0.2) is 84.9 Å². The Bertz CT molecular complexity index is 1810. The summed E-state index contributed by atoms with van der Waals surface area (Å²) in [6.07, 6.45) is -9.53. The zero-order valence-electron chi connectivity index (χ0n) is 26.7. The Hall–Kier alpha value is -4.75. The van der Waals surface area contributed by atoms with Gasteiger partial charge >= 0.3 is 18.7 Å². The predicted octanol–water partition coefficient (Wildman–Crippen LogP) is 10.2. The average Bonchev–Trinajstić information content (AvgIpc) is 3.07. The van der Waals surface area contributed by atoms with E-state index in [4.69, 9.17) is 4.74 Å². The Morgan fingerprint density at radius 2 is 1.41 bits per heavy atom. The number of hydrogen-bond acceptors (Lipinski definition) is 3. The molecule has 5 rings (SSSR count). The van der Waals surface area contributed by atoms with Crippen LogP contribution in [0.5, 0.6) is 11.5 Å². The first-order valence-electron chi connectivity index (χ1n) is 15.9. The minimum Gasteiger partial charge on any atom is -0.493 e. The lowest BCUT2D eigenvalue weighted by Gasteiger charge is -2.37. The van der Waals surface area contributed by atoms with Crippen LogP contribution in [0.3, 0.4) is 0 Å². The SMILES string of the molecule is O=C(N[C@](Cc1ccc(OCC2CCCCC2)cc1)(c1ccc(F)cc1)c1cc(F)cc(OC(F)(F)C(F)F)c1)c1ccc(F)c(C(F)(F)F)c1. The van der Waals surface area contributed by atoms with Gasteiger partial charge in [-0.05, 0) is 90.0 Å². The fraction of sp³-hybridized carbons (Fsp3) is 0.324. The Kier molecular flexibility index (Phi) is 11.2. The number of benzene rings is 4. The van der Waals surface area contributed by atoms with Gasteiger partial charge < -0.3 is 14.8 Å². The highest BCUT2D eigenvalue weighted by molar-refractivity contribution is 5.95. The Morgan fingerprint density at radius 3 is 2.04 bits per heavy atom. The first-order chi connectivity index (χ1) is 24.1. The molecule has 1 N–H and O–H groups in total. The molecule has 272 valence electrons. The molecular formula is C37H31F10NO3. The summed E-state index contributed by atoms with van der Waals surface area (Å²) in [5.74, 6) is -5.17. The minimum absolute atomic E-state index is 0.0230. The van der Waals surface area contributed by atoms with E-state index in [9.17, 15) is 44.3 Å². The lowest BCUT2D eigenvalue weighted by Crippen LogP contribution is -2.49. The highest BCUT2D eigenvalue weighted by Crippen LogP contribution is 2.39. The molecule has 4 nitrogen and oxygen atoms in total. The van der Waals surface area contributed by atoms with Gasteiger partial charge in [-0.15, -0.1) is 0 Å². The van der Waals surface area contributed by atoms with Gasteiger partial charge in [0.05, 0.1) is 17.7 Å². The van der Waals surface area contributed by atoms with Crippen molar-refractivity contribution in [3.63, 3.8) is 0 Å². The maximum absolute atomic E-state index is 15.2. The summed E-state index contributed by atoms with van der Waals surface area (Å²) in [5.41, 5.74) is -4.61. The molecule has 1 saturated carbocycles. The molecule has 0 unspecified atom stereocenters. The van der Waals surface area contributed by atoms with Crippen LogP contribution in [0.25, 0.3) is 0 Å². The van der Waals surface area contributed by atoms with E-state index in [1.165, 1.54) is 0 Å². The number of alkyl halides is 7. The molecule has 0 aliphatic heterocycles. The van der Waals surface area contributed by atoms with E-state index in [0.29, 0.717) is 36.0 Å². The van der Waals surface area contributed by atoms with Gasteiger partial charge in [-0.2, -0.15) is 30.7 Å². The van der Waals surface area contributed by atoms with Gasteiger partial charge in [0.15, 0.2) is 0 Å². The minimum atomic E-state index is -5.19. The average molecular weight is 728 g/mol. The highest BCUT2D eigenvalue weighted by Gasteiger charge is 2.45. The number of halogens is 10. The van der Waals surface area contributed by atoms with Crippen LogP contribution < -0.4 is 14.8 Å². The molecule has 1 atom stereocenters. The molecular weight excluding hydrogens is 696 g/mol. The van der Waals surface area contributed by atoms with Gasteiger partial charge in [0.1, 0.15) is 29.0 Å². The van der Waals surface area contributed by atoms with Crippen LogP contribution in [-0.2, 0) is 18.1 Å². The van der Waals surface area contributed by atoms with E-state index in [-0.39, 0.29) is 18.1 Å². The molecule has 0 aromatic heterocycles. The molecule has 1 fully saturated rings. The van der Waals surface area contributed by atoms with Crippen LogP contribution in [0.4, 0.5) is 43.9 Å². The van der Waals surface area contributed by atoms with Crippen molar-refractivity contribution >= 4 is 5.91 Å². The summed E-state index contributed by atoms with van der Waals surface area (Å²) in [4.78, 5) is 13.8. The molecule has 0 radical (unpaired) electrons. The van der Waals surface area contributed by atoms with Crippen molar-refractivity contribution in [2.24, 2.45) is 5.92 Å². The van der Waals surface area contributed by atoms with E-state index in [0.717, 1.165) is 74.6 Å². The van der Waals surface area contributed by atoms with Crippen molar-refractivity contribution in [2.75, 3.05) is 6.61 Å². The maximum Gasteiger partial charge on any atom is 0.461 e. The third kappa shape index (κ3) is 9.14. The lowest BCUT2D eigenvalue weighted by atomic mass is 9.77. The summed E-state index contributed by atoms with van der Waals surface area (Å²) < 4.78 is 148. The van der Waals surface area contributed by atoms with Crippen molar-refractivity contribution in [1.29, 1.82) is 0 Å². The van der Waals surface area contributed by atoms with E-state index >= 15 is 4.39 Å². The Labute approximate surface area is 286 Å². The molecule has 0 saturated heterocycles. The molecule has 14 heteroatoms. The van der Waals surface area contributed by atoms with Crippen LogP contribution in [0.2, 0.25) is 0 Å². The van der Waals surface area contributed by atoms with E-state index in [1.807, 2.05) is 0 Å². The highest BCUT2D eigenvalue weighted by atomic mass is 19.4. The molecule has 51 heavy (non-hydrogen) atoms. The quantitative estimate of drug-likeness (QED) is 0.148. The number of rotatable bonds is 12. The number of carbonyl (C=O) groups excluding carboxylic acids is 1. The summed E-state index contributed by atoms with van der Waals surface area (Å²) in [7, 11) is 0. The Morgan fingerprint density at radius 1 is 0.745 bits per heavy atom. The molecule has 1 aliphatic carbocycles. The topological polar surface area (TPSA) is 47.6 Å². The normalized spacial score (nSPS) is 15.4. The predicted molar refractivity (Wildman–Crippen MR) is 166 cm³/mol. The van der Waals surface area contributed by atoms with Crippen molar-refractivity contribution in [3.05, 3.63) is 130 Å². The van der Waals surface area contributed by atoms with E-state index < -0.39 is 70.0 Å². The van der Waals surface area contributed by atoms with Crippen LogP contribution in [0, 0.1) is 23.4 Å². The number of hydrogen-bond donors (Lipinski definition) is 1. The largest absolute Gasteiger partial charge is 0.493 e. The number of nitrogens with one attached hydrogen (secondary N) is 1. The third-order valence-corrected chi connectivity index (χ3v) is 8.67. The summed E-state index contributed by atoms with van der Waals surface area (Å²) in [6, 6.07) is 13.9. The zero-order chi connectivity index (χ0) is 37.0. The first-order valence-corrected chi connectivity index (χ1v) is 15.9. The number of amides is 1. The third-order valence-electron chi connectivity index (χ3n) is 8.67. The molecule has 1 amide bonds. The lowest BCUT2D eigenvalue weighted by molar-refractivity contribution is -0.253. The van der Waals surface area contributed by atoms with Gasteiger partial charge in [0, 0.05) is 18.1 Å². The van der Waals surface area contributed by atoms with Crippen molar-refractivity contribution < 1.29 is 58.2 Å². The summed E-state index contributed by atoms with van der Waals surface area (Å²) >= 11 is 0. The number of carbonyl (C=O) groups is 1. The van der Waals surface area contributed by atoms with E-state index in [2.05, 4.69) is 10.1 Å². The fourth-order valence-electron chi connectivity index (χ4n) is 6.09. The van der Waals surface area contributed by atoms with E-state index in [1.54, 1.807) is 24.3 Å². The van der Waals surface area contributed by atoms with Crippen molar-refractivity contribution in [1.82, 2.24) is 5.32 Å².